The highest BCUT2D eigenvalue weighted by Crippen LogP contribution is 2.26. The number of oxazole rings is 1. The predicted molar refractivity (Wildman–Crippen MR) is 89.7 cm³/mol. The molecule has 23 heavy (non-hydrogen) atoms. The summed E-state index contributed by atoms with van der Waals surface area (Å²) in [6.07, 6.45) is 3.94. The number of likely N-dealkylation sites (N-methyl/N-ethyl adjacent to an activating group) is 1. The smallest absolute Gasteiger partial charge is 0.298 e. The fraction of sp³-hybridized carbons (Fsp3) is 0.353. The molecule has 1 fully saturated rings. The summed E-state index contributed by atoms with van der Waals surface area (Å²) in [6, 6.07) is 12.8. The molecule has 2 aromatic heterocycles. The Bertz CT molecular complexity index is 755. The van der Waals surface area contributed by atoms with Crippen LogP contribution in [-0.2, 0) is 0 Å². The number of hydrogen-bond donors (Lipinski definition) is 0. The van der Waals surface area contributed by atoms with Crippen LogP contribution in [0, 0.1) is 0 Å². The summed E-state index contributed by atoms with van der Waals surface area (Å²) in [7, 11) is 2.05. The van der Waals surface area contributed by atoms with Crippen molar-refractivity contribution in [2.45, 2.75) is 18.9 Å². The molecule has 0 amide bonds. The van der Waals surface area contributed by atoms with E-state index in [1.165, 1.54) is 0 Å². The third-order valence-electron chi connectivity index (χ3n) is 4.41. The van der Waals surface area contributed by atoms with Gasteiger partial charge < -0.3 is 14.2 Å². The highest BCUT2D eigenvalue weighted by Gasteiger charge is 2.26. The molecule has 0 saturated carbocycles. The summed E-state index contributed by atoms with van der Waals surface area (Å²) in [6.45, 7) is 1.91. The molecule has 0 aliphatic carbocycles. The molecule has 3 heterocycles. The number of nitrogens with zero attached hydrogens (tertiary/aromatic N) is 5. The van der Waals surface area contributed by atoms with Gasteiger partial charge in [-0.1, -0.05) is 12.1 Å². The molecule has 1 aliphatic rings. The number of aromatic nitrogens is 3. The number of piperidine rings is 1. The SMILES string of the molecule is CN(c1nc2ccccc2o1)[C@@H]1CCCN(c2cccnn2)C1. The molecule has 0 unspecified atom stereocenters. The van der Waals surface area contributed by atoms with Crippen molar-refractivity contribution < 1.29 is 4.42 Å². The van der Waals surface area contributed by atoms with Crippen molar-refractivity contribution in [2.24, 2.45) is 0 Å². The number of para-hydroxylation sites is 2. The molecule has 3 aromatic rings. The highest BCUT2D eigenvalue weighted by molar-refractivity contribution is 5.74. The molecule has 6 nitrogen and oxygen atoms in total. The normalized spacial score (nSPS) is 18.3. The number of benzene rings is 1. The first-order valence-electron chi connectivity index (χ1n) is 7.92. The van der Waals surface area contributed by atoms with Gasteiger partial charge in [-0.2, -0.15) is 10.1 Å². The van der Waals surface area contributed by atoms with Gasteiger partial charge in [0.2, 0.25) is 0 Å². The van der Waals surface area contributed by atoms with Gasteiger partial charge in [0.05, 0.1) is 6.04 Å². The van der Waals surface area contributed by atoms with Crippen molar-refractivity contribution in [3.05, 3.63) is 42.6 Å². The second kappa shape index (κ2) is 5.87. The zero-order valence-electron chi connectivity index (χ0n) is 13.1. The van der Waals surface area contributed by atoms with Gasteiger partial charge in [-0.05, 0) is 37.1 Å². The van der Waals surface area contributed by atoms with Gasteiger partial charge in [-0.3, -0.25) is 0 Å². The van der Waals surface area contributed by atoms with Crippen molar-refractivity contribution in [3.63, 3.8) is 0 Å². The largest absolute Gasteiger partial charge is 0.423 e. The van der Waals surface area contributed by atoms with Crippen LogP contribution in [0.3, 0.4) is 0 Å². The molecule has 6 heteroatoms. The Labute approximate surface area is 134 Å². The van der Waals surface area contributed by atoms with E-state index in [2.05, 4.69) is 32.0 Å². The molecule has 0 N–H and O–H groups in total. The first-order chi connectivity index (χ1) is 11.3. The summed E-state index contributed by atoms with van der Waals surface area (Å²) in [4.78, 5) is 9.02. The first-order valence-corrected chi connectivity index (χ1v) is 7.92. The Kier molecular flexibility index (Phi) is 3.57. The maximum atomic E-state index is 5.89. The van der Waals surface area contributed by atoms with Crippen molar-refractivity contribution in [1.82, 2.24) is 15.2 Å². The van der Waals surface area contributed by atoms with Crippen LogP contribution in [0.5, 0.6) is 0 Å². The Balaban J connectivity index is 1.54. The molecular formula is C17H19N5O. The van der Waals surface area contributed by atoms with E-state index < -0.39 is 0 Å². The zero-order chi connectivity index (χ0) is 15.6. The van der Waals surface area contributed by atoms with Crippen LogP contribution in [0.1, 0.15) is 12.8 Å². The van der Waals surface area contributed by atoms with E-state index in [1.807, 2.05) is 36.4 Å². The van der Waals surface area contributed by atoms with Crippen molar-refractivity contribution in [1.29, 1.82) is 0 Å². The predicted octanol–water partition coefficient (Wildman–Crippen LogP) is 2.72. The lowest BCUT2D eigenvalue weighted by atomic mass is 10.0. The van der Waals surface area contributed by atoms with Crippen LogP contribution in [0.25, 0.3) is 11.1 Å². The molecule has 1 aliphatic heterocycles. The molecule has 0 radical (unpaired) electrons. The van der Waals surface area contributed by atoms with Crippen molar-refractivity contribution in [2.75, 3.05) is 29.9 Å². The minimum Gasteiger partial charge on any atom is -0.423 e. The lowest BCUT2D eigenvalue weighted by Crippen LogP contribution is -2.47. The maximum absolute atomic E-state index is 5.89. The van der Waals surface area contributed by atoms with Gasteiger partial charge in [-0.15, -0.1) is 5.10 Å². The molecule has 0 spiro atoms. The van der Waals surface area contributed by atoms with Crippen molar-refractivity contribution >= 4 is 22.9 Å². The lowest BCUT2D eigenvalue weighted by molar-refractivity contribution is 0.456. The Hall–Kier alpha value is -2.63. The summed E-state index contributed by atoms with van der Waals surface area (Å²) in [5.41, 5.74) is 1.73. The standard InChI is InChI=1S/C17H19N5O/c1-21(17-19-14-7-2-3-8-15(14)23-17)13-6-5-11-22(12-13)16-9-4-10-18-20-16/h2-4,7-10,13H,5-6,11-12H2,1H3/t13-/m1/s1. The Morgan fingerprint density at radius 2 is 2.13 bits per heavy atom. The zero-order valence-corrected chi connectivity index (χ0v) is 13.1. The number of anilines is 2. The summed E-state index contributed by atoms with van der Waals surface area (Å²) >= 11 is 0. The van der Waals surface area contributed by atoms with Crippen LogP contribution >= 0.6 is 0 Å². The monoisotopic (exact) mass is 309 g/mol. The topological polar surface area (TPSA) is 58.3 Å². The second-order valence-electron chi connectivity index (χ2n) is 5.90. The van der Waals surface area contributed by atoms with Crippen molar-refractivity contribution in [3.8, 4) is 0 Å². The average molecular weight is 309 g/mol. The highest BCUT2D eigenvalue weighted by atomic mass is 16.4. The van der Waals surface area contributed by atoms with Crippen LogP contribution in [-0.4, -0.2) is 41.4 Å². The third kappa shape index (κ3) is 2.72. The van der Waals surface area contributed by atoms with Gasteiger partial charge in [-0.25, -0.2) is 0 Å². The first kappa shape index (κ1) is 14.0. The summed E-state index contributed by atoms with van der Waals surface area (Å²) in [5.74, 6) is 0.933. The third-order valence-corrected chi connectivity index (χ3v) is 4.41. The van der Waals surface area contributed by atoms with E-state index >= 15 is 0 Å². The molecule has 4 rings (SSSR count). The molecular weight excluding hydrogens is 290 g/mol. The minimum atomic E-state index is 0.346. The quantitative estimate of drug-likeness (QED) is 0.741. The molecule has 1 saturated heterocycles. The molecule has 118 valence electrons. The Morgan fingerprint density at radius 3 is 2.96 bits per heavy atom. The van der Waals surface area contributed by atoms with Gasteiger partial charge in [0.1, 0.15) is 5.52 Å². The minimum absolute atomic E-state index is 0.346. The van der Waals surface area contributed by atoms with Crippen LogP contribution < -0.4 is 9.80 Å². The molecule has 1 aromatic carbocycles. The fourth-order valence-corrected chi connectivity index (χ4v) is 3.11. The second-order valence-corrected chi connectivity index (χ2v) is 5.90. The van der Waals surface area contributed by atoms with Crippen LogP contribution in [0.4, 0.5) is 11.8 Å². The van der Waals surface area contributed by atoms with Gasteiger partial charge in [0, 0.05) is 26.3 Å². The van der Waals surface area contributed by atoms with E-state index in [0.29, 0.717) is 12.1 Å². The van der Waals surface area contributed by atoms with Crippen LogP contribution in [0.2, 0.25) is 0 Å². The maximum Gasteiger partial charge on any atom is 0.298 e. The number of fused-ring (bicyclic) bond motifs is 1. The van der Waals surface area contributed by atoms with E-state index in [-0.39, 0.29) is 0 Å². The number of hydrogen-bond acceptors (Lipinski definition) is 6. The van der Waals surface area contributed by atoms with Gasteiger partial charge >= 0.3 is 0 Å². The molecule has 1 atom stereocenters. The number of rotatable bonds is 3. The average Bonchev–Trinajstić information content (AvgIpc) is 3.06. The van der Waals surface area contributed by atoms with E-state index in [4.69, 9.17) is 4.42 Å². The van der Waals surface area contributed by atoms with Gasteiger partial charge in [0.15, 0.2) is 11.4 Å². The lowest BCUT2D eigenvalue weighted by Gasteiger charge is -2.37. The summed E-state index contributed by atoms with van der Waals surface area (Å²) < 4.78 is 5.89. The van der Waals surface area contributed by atoms with E-state index in [0.717, 1.165) is 42.8 Å². The fourth-order valence-electron chi connectivity index (χ4n) is 3.11. The molecule has 0 bridgehead atoms. The Morgan fingerprint density at radius 1 is 1.22 bits per heavy atom. The van der Waals surface area contributed by atoms with E-state index in [1.54, 1.807) is 6.20 Å². The van der Waals surface area contributed by atoms with Crippen LogP contribution in [0.15, 0.2) is 47.0 Å². The summed E-state index contributed by atoms with van der Waals surface area (Å²) in [5, 5.41) is 8.20. The van der Waals surface area contributed by atoms with E-state index in [9.17, 15) is 0 Å². The van der Waals surface area contributed by atoms with Gasteiger partial charge in [0.25, 0.3) is 6.01 Å².